The number of carboxylic acids is 1. The number of aliphatic carboxylic acids is 1. The first-order valence-corrected chi connectivity index (χ1v) is 41.7. The van der Waals surface area contributed by atoms with Crippen LogP contribution in [0.1, 0.15) is 124 Å². The number of aromatic hydroxyl groups is 1. The number of imidazole rings is 1. The van der Waals surface area contributed by atoms with Crippen molar-refractivity contribution in [1.29, 1.82) is 0 Å². The smallest absolute Gasteiger partial charge is 0.305 e. The molecule has 4 aromatic carbocycles. The van der Waals surface area contributed by atoms with Crippen molar-refractivity contribution in [3.63, 3.8) is 0 Å². The fraction of sp³-hybridized carbons (Fsp3) is 0.488. The number of unbranched alkanes of at least 4 members (excludes halogenated alkanes) is 1. The first kappa shape index (κ1) is 88.6. The highest BCUT2D eigenvalue weighted by Gasteiger charge is 2.45. The summed E-state index contributed by atoms with van der Waals surface area (Å²) in [7, 11) is 1.40. The van der Waals surface area contributed by atoms with Crippen molar-refractivity contribution in [2.24, 2.45) is 35.1 Å². The van der Waals surface area contributed by atoms with E-state index in [9.17, 15) is 57.8 Å². The summed E-state index contributed by atoms with van der Waals surface area (Å²) in [5.74, 6) is -14.5. The van der Waals surface area contributed by atoms with Crippen LogP contribution >= 0.6 is 23.5 Å². The number of nitrogens with zero attached hydrogens (tertiary/aromatic N) is 3. The number of alkyl halides is 1. The normalized spacial score (nSPS) is 25.2. The molecule has 6 aromatic rings. The predicted octanol–water partition coefficient (Wildman–Crippen LogP) is 3.89. The monoisotopic (exact) mass is 1660 g/mol. The third kappa shape index (κ3) is 25.4. The van der Waals surface area contributed by atoms with E-state index in [1.165, 1.54) is 133 Å². The molecular formula is C82H102F3N15O15S2. The van der Waals surface area contributed by atoms with E-state index in [0.717, 1.165) is 11.1 Å². The third-order valence-corrected chi connectivity index (χ3v) is 24.5. The van der Waals surface area contributed by atoms with E-state index in [-0.39, 0.29) is 105 Å². The maximum atomic E-state index is 15.4. The highest BCUT2D eigenvalue weighted by Crippen LogP contribution is 2.48. The molecule has 35 heteroatoms. The van der Waals surface area contributed by atoms with Crippen LogP contribution in [-0.4, -0.2) is 210 Å². The maximum Gasteiger partial charge on any atom is 0.305 e. The number of aromatic amines is 2. The summed E-state index contributed by atoms with van der Waals surface area (Å²) >= 11 is 2.55. The van der Waals surface area contributed by atoms with Crippen LogP contribution in [0.25, 0.3) is 10.9 Å². The van der Waals surface area contributed by atoms with Crippen molar-refractivity contribution < 1.29 is 85.7 Å². The average Bonchev–Trinajstić information content (AvgIpc) is 1.70. The molecule has 1 saturated heterocycles. The van der Waals surface area contributed by atoms with Crippen molar-refractivity contribution >= 4 is 111 Å². The zero-order chi connectivity index (χ0) is 84.0. The summed E-state index contributed by atoms with van der Waals surface area (Å²) < 4.78 is 44.7. The zero-order valence-electron chi connectivity index (χ0n) is 65.1. The van der Waals surface area contributed by atoms with Gasteiger partial charge in [-0.05, 0) is 165 Å². The minimum absolute atomic E-state index is 0.0430. The molecule has 117 heavy (non-hydrogen) atoms. The number of carbonyl (C=O) groups excluding carboxylic acids is 12. The SMILES string of the molecule is CC(=O)N(C)[C@@H](Cc1ccc(F)cc1)C(=O)N[C@H]1CSCc2cccc(c2)CSC[C@@H](C(N)=O)CC(=O)[C@@H]2CCCN2C(=O)[C@H](Cc2ccc(O)cc2)NC(=O)[C@H](Cc2c[nH]cn2)NC(=O)[C@H](CC(=O)O)NC(=O)[C@H](CC2CCC3CCC(F)CC32)NC(=O)[C@H](Cc2c[nH]c3ccc(F)cc23)NC(=O)CNC(=O)[C@H](CCCCN)NC1=O. The van der Waals surface area contributed by atoms with Crippen LogP contribution in [0.5, 0.6) is 5.75 Å². The second-order valence-electron chi connectivity index (χ2n) is 30.6. The molecule has 2 aliphatic heterocycles. The lowest BCUT2D eigenvalue weighted by molar-refractivity contribution is -0.142. The molecule has 16 N–H and O–H groups in total. The number of Topliss-reactive ketones (excluding diaryl/α,β-unsaturated/α-hetero) is 1. The summed E-state index contributed by atoms with van der Waals surface area (Å²) in [6.45, 7) is 0.620. The highest BCUT2D eigenvalue weighted by molar-refractivity contribution is 7.98. The van der Waals surface area contributed by atoms with Gasteiger partial charge in [0.15, 0.2) is 5.78 Å². The predicted molar refractivity (Wildman–Crippen MR) is 429 cm³/mol. The van der Waals surface area contributed by atoms with Gasteiger partial charge in [-0.1, -0.05) is 48.5 Å². The molecule has 0 spiro atoms. The number of aromatic nitrogens is 3. The van der Waals surface area contributed by atoms with Gasteiger partial charge in [-0.3, -0.25) is 62.3 Å². The Balaban J connectivity index is 1.000. The van der Waals surface area contributed by atoms with Gasteiger partial charge in [-0.15, -0.1) is 0 Å². The van der Waals surface area contributed by atoms with Crippen molar-refractivity contribution in [2.45, 2.75) is 188 Å². The summed E-state index contributed by atoms with van der Waals surface area (Å²) in [6.07, 6.45) is 3.43. The molecule has 2 aromatic heterocycles. The first-order valence-electron chi connectivity index (χ1n) is 39.4. The second kappa shape index (κ2) is 42.4. The Kier molecular flexibility index (Phi) is 32.1. The molecule has 14 atom stereocenters. The number of phenols is 1. The standard InChI is InChI=1S/C82H102F3N15O15S2/c1-45(101)99(2)70(29-47-11-18-54(83)19-12-47)81(114)98-68-43-117-41-49-8-5-7-48(27-49)40-116-42-53(74(87)107)32-71(103)69-10-6-26-100(69)82(115)67(28-46-13-22-58(102)23-14-46)97-78(111)65(35-57-38-88-44-91-57)95-79(112)66(36-73(105)106)96-77(110)64(30-51-16-15-50-17-20-55(84)33-59(50)51)94-76(109)63(31-52-37-89-61-24-21-56(85)34-60(52)61)92-72(104)39-90-75(108)62(93-80(68)113)9-3-4-25-86/h5,7-8,11-14,18-19,21-24,27,34,37-38,44,50-51,53,55,59,62-70,89,102H,3-4,6,9-10,15-17,20,25-26,28-33,35-36,39-43,86H2,1-2H3,(H2,87,107)(H,88,91)(H,90,108)(H,92,104)(H,93,113)(H,94,109)(H,95,112)(H,96,110)(H,97,111)(H,98,114)(H,105,106)/t50?,51?,53-,55?,59?,62-,63-,64-,65-,66-,67-,68-,69-,70-/m0/s1. The van der Waals surface area contributed by atoms with Gasteiger partial charge in [0.25, 0.3) is 0 Å². The number of carboxylic acid groups (broad SMARTS) is 1. The number of thioether (sulfide) groups is 2. The van der Waals surface area contributed by atoms with Crippen LogP contribution in [0.4, 0.5) is 13.2 Å². The molecule has 4 aliphatic rings. The lowest BCUT2D eigenvalue weighted by Crippen LogP contribution is -2.61. The second-order valence-corrected chi connectivity index (χ2v) is 32.7. The molecule has 10 rings (SSSR count). The average molecular weight is 1660 g/mol. The number of likely N-dealkylation sites (N-methyl/N-ethyl adjacent to an activating group) is 1. The number of fused-ring (bicyclic) bond motifs is 5. The van der Waals surface area contributed by atoms with Crippen molar-refractivity contribution in [3.8, 4) is 5.75 Å². The van der Waals surface area contributed by atoms with Crippen molar-refractivity contribution in [1.82, 2.24) is 67.3 Å². The van der Waals surface area contributed by atoms with Gasteiger partial charge in [-0.2, -0.15) is 23.5 Å². The van der Waals surface area contributed by atoms with E-state index < -0.39 is 187 Å². The molecule has 2 aliphatic carbocycles. The molecule has 0 radical (unpaired) electrons. The summed E-state index contributed by atoms with van der Waals surface area (Å²) in [6, 6.07) is 8.54. The summed E-state index contributed by atoms with van der Waals surface area (Å²) in [4.78, 5) is 201. The Morgan fingerprint density at radius 3 is 2.04 bits per heavy atom. The van der Waals surface area contributed by atoms with Crippen LogP contribution in [-0.2, 0) is 99.5 Å². The fourth-order valence-electron chi connectivity index (χ4n) is 15.8. The molecule has 11 amide bonds. The van der Waals surface area contributed by atoms with E-state index in [0.29, 0.717) is 71.9 Å². The van der Waals surface area contributed by atoms with Crippen LogP contribution < -0.4 is 54.0 Å². The number of primary amides is 1. The number of benzene rings is 4. The number of phenolic OH excluding ortho intramolecular Hbond substituents is 1. The van der Waals surface area contributed by atoms with Gasteiger partial charge in [0, 0.05) is 98.9 Å². The highest BCUT2D eigenvalue weighted by atomic mass is 32.2. The molecule has 30 nitrogen and oxygen atoms in total. The lowest BCUT2D eigenvalue weighted by atomic mass is 9.75. The molecule has 2 bridgehead atoms. The van der Waals surface area contributed by atoms with E-state index in [1.807, 2.05) is 18.2 Å². The molecule has 4 unspecified atom stereocenters. The Hall–Kier alpha value is -10.8. The van der Waals surface area contributed by atoms with Crippen molar-refractivity contribution in [3.05, 3.63) is 155 Å². The Bertz CT molecular complexity index is 4530. The number of carbonyl (C=O) groups is 13. The van der Waals surface area contributed by atoms with Gasteiger partial charge in [-0.25, -0.2) is 18.2 Å². The molecule has 3 fully saturated rings. The van der Waals surface area contributed by atoms with Crippen LogP contribution in [0.15, 0.2) is 110 Å². The van der Waals surface area contributed by atoms with Gasteiger partial charge in [0.2, 0.25) is 65.0 Å². The number of nitrogens with two attached hydrogens (primary N) is 2. The van der Waals surface area contributed by atoms with E-state index >= 15 is 28.0 Å². The van der Waals surface area contributed by atoms with Gasteiger partial charge < -0.3 is 84.0 Å². The number of nitrogens with one attached hydrogen (secondary N) is 10. The number of hydrogen-bond donors (Lipinski definition) is 14. The van der Waals surface area contributed by atoms with Gasteiger partial charge in [0.1, 0.15) is 71.9 Å². The lowest BCUT2D eigenvalue weighted by Gasteiger charge is -2.33. The molecule has 628 valence electrons. The van der Waals surface area contributed by atoms with Gasteiger partial charge >= 0.3 is 5.97 Å². The minimum Gasteiger partial charge on any atom is -0.508 e. The largest absolute Gasteiger partial charge is 0.508 e. The minimum atomic E-state index is -2.02. The Labute approximate surface area is 682 Å². The Morgan fingerprint density at radius 2 is 1.35 bits per heavy atom. The van der Waals surface area contributed by atoms with Crippen LogP contribution in [0.3, 0.4) is 0 Å². The van der Waals surface area contributed by atoms with Crippen LogP contribution in [0, 0.1) is 35.3 Å². The number of ketones is 1. The van der Waals surface area contributed by atoms with E-state index in [4.69, 9.17) is 11.5 Å². The van der Waals surface area contributed by atoms with E-state index in [1.54, 1.807) is 6.07 Å². The van der Waals surface area contributed by atoms with Crippen molar-refractivity contribution in [2.75, 3.05) is 38.2 Å². The first-order chi connectivity index (χ1) is 56.1. The van der Waals surface area contributed by atoms with E-state index in [2.05, 4.69) is 57.5 Å². The fourth-order valence-corrected chi connectivity index (χ4v) is 17.9. The number of amides is 11. The number of H-pyrrole nitrogens is 2. The topological polar surface area (TPSA) is 462 Å². The quantitative estimate of drug-likeness (QED) is 0.0482. The zero-order valence-corrected chi connectivity index (χ0v) is 66.7. The van der Waals surface area contributed by atoms with Gasteiger partial charge in [0.05, 0.1) is 36.9 Å². The number of hydrogen-bond acceptors (Lipinski definition) is 18. The summed E-state index contributed by atoms with van der Waals surface area (Å²) in [5.41, 5.74) is 15.3. The number of halogens is 3. The Morgan fingerprint density at radius 1 is 0.701 bits per heavy atom. The molecular weight excluding hydrogens is 1560 g/mol. The summed E-state index contributed by atoms with van der Waals surface area (Å²) in [5, 5.41) is 42.3. The molecule has 2 saturated carbocycles. The maximum absolute atomic E-state index is 15.4. The molecule has 4 heterocycles. The number of rotatable bonds is 20. The third-order valence-electron chi connectivity index (χ3n) is 22.2. The van der Waals surface area contributed by atoms with Crippen LogP contribution in [0.2, 0.25) is 0 Å².